The summed E-state index contributed by atoms with van der Waals surface area (Å²) in [7, 11) is 0. The number of aliphatic hydroxyl groups excluding tert-OH is 1. The Kier molecular flexibility index (Phi) is 8.56. The van der Waals surface area contributed by atoms with Crippen LogP contribution >= 0.6 is 0 Å². The van der Waals surface area contributed by atoms with E-state index >= 15 is 0 Å². The molecule has 0 aromatic heterocycles. The number of aliphatic hydroxyl groups is 1. The number of hydrogen-bond donors (Lipinski definition) is 4. The topological polar surface area (TPSA) is 145 Å². The first-order valence-electron chi connectivity index (χ1n) is 9.31. The van der Waals surface area contributed by atoms with Gasteiger partial charge >= 0.3 is 0 Å². The second-order valence-corrected chi connectivity index (χ2v) is 6.46. The molecule has 1 aliphatic heterocycles. The third-order valence-electron chi connectivity index (χ3n) is 4.28. The van der Waals surface area contributed by atoms with Crippen molar-refractivity contribution in [3.05, 3.63) is 23.8 Å². The Morgan fingerprint density at radius 1 is 1.07 bits per heavy atom. The summed E-state index contributed by atoms with van der Waals surface area (Å²) in [6, 6.07) is 4.37. The van der Waals surface area contributed by atoms with E-state index in [0.29, 0.717) is 5.56 Å². The highest BCUT2D eigenvalue weighted by Gasteiger charge is 2.28. The predicted molar refractivity (Wildman–Crippen MR) is 102 cm³/mol. The Morgan fingerprint density at radius 3 is 2.48 bits per heavy atom. The van der Waals surface area contributed by atoms with Crippen molar-refractivity contribution >= 4 is 29.3 Å². The molecule has 4 N–H and O–H groups in total. The number of nitrogens with one attached hydrogen (secondary N) is 2. The van der Waals surface area contributed by atoms with Crippen molar-refractivity contribution in [1.82, 2.24) is 10.2 Å². The van der Waals surface area contributed by atoms with Crippen LogP contribution in [-0.4, -0.2) is 65.0 Å². The molecule has 4 amide bonds. The summed E-state index contributed by atoms with van der Waals surface area (Å²) in [5.74, 6) is -1.21. The fourth-order valence-corrected chi connectivity index (χ4v) is 2.69. The van der Waals surface area contributed by atoms with Gasteiger partial charge in [0.1, 0.15) is 5.75 Å². The summed E-state index contributed by atoms with van der Waals surface area (Å²) in [6.07, 6.45) is 0.569. The van der Waals surface area contributed by atoms with Crippen LogP contribution in [0.1, 0.15) is 31.2 Å². The van der Waals surface area contributed by atoms with Crippen LogP contribution in [0.15, 0.2) is 18.2 Å². The van der Waals surface area contributed by atoms with Gasteiger partial charge in [-0.25, -0.2) is 0 Å². The van der Waals surface area contributed by atoms with Crippen LogP contribution in [0.5, 0.6) is 5.75 Å². The second kappa shape index (κ2) is 11.1. The third-order valence-corrected chi connectivity index (χ3v) is 4.28. The monoisotopic (exact) mass is 407 g/mol. The number of carbonyl (C=O) groups is 4. The zero-order valence-corrected chi connectivity index (χ0v) is 16.0. The van der Waals surface area contributed by atoms with Crippen molar-refractivity contribution in [1.29, 1.82) is 0 Å². The van der Waals surface area contributed by atoms with Gasteiger partial charge in [0.15, 0.2) is 0 Å². The number of amides is 4. The van der Waals surface area contributed by atoms with Crippen molar-refractivity contribution in [2.24, 2.45) is 0 Å². The maximum atomic E-state index is 11.9. The lowest BCUT2D eigenvalue weighted by molar-refractivity contribution is -0.139. The van der Waals surface area contributed by atoms with Crippen molar-refractivity contribution in [2.45, 2.75) is 32.3 Å². The molecule has 1 aliphatic rings. The van der Waals surface area contributed by atoms with E-state index in [9.17, 15) is 24.3 Å². The number of rotatable bonds is 11. The van der Waals surface area contributed by atoms with Crippen LogP contribution in [0, 0.1) is 0 Å². The Labute approximate surface area is 167 Å². The molecule has 1 heterocycles. The molecule has 0 spiro atoms. The fourth-order valence-electron chi connectivity index (χ4n) is 2.69. The van der Waals surface area contributed by atoms with Gasteiger partial charge in [0.25, 0.3) is 0 Å². The van der Waals surface area contributed by atoms with Gasteiger partial charge in [-0.05, 0) is 17.7 Å². The zero-order valence-electron chi connectivity index (χ0n) is 16.0. The van der Waals surface area contributed by atoms with Crippen LogP contribution < -0.4 is 10.6 Å². The molecule has 158 valence electrons. The molecule has 0 saturated carbocycles. The van der Waals surface area contributed by atoms with Gasteiger partial charge in [0.05, 0.1) is 32.1 Å². The van der Waals surface area contributed by atoms with Gasteiger partial charge in [-0.2, -0.15) is 0 Å². The van der Waals surface area contributed by atoms with E-state index in [1.165, 1.54) is 18.2 Å². The van der Waals surface area contributed by atoms with Crippen LogP contribution in [0.4, 0.5) is 5.69 Å². The first kappa shape index (κ1) is 22.3. The molecule has 1 fully saturated rings. The summed E-state index contributed by atoms with van der Waals surface area (Å²) < 4.78 is 5.27. The number of hydrogen-bond acceptors (Lipinski definition) is 7. The number of imide groups is 1. The van der Waals surface area contributed by atoms with Crippen LogP contribution in [-0.2, 0) is 30.5 Å². The van der Waals surface area contributed by atoms with Crippen molar-refractivity contribution in [2.75, 3.05) is 31.6 Å². The number of likely N-dealkylation sites (tertiary alicyclic amines) is 1. The summed E-state index contributed by atoms with van der Waals surface area (Å²) in [5.41, 5.74) is 0.737. The maximum absolute atomic E-state index is 11.9. The molecule has 0 radical (unpaired) electrons. The van der Waals surface area contributed by atoms with E-state index in [-0.39, 0.29) is 87.8 Å². The molecule has 29 heavy (non-hydrogen) atoms. The van der Waals surface area contributed by atoms with Gasteiger partial charge in [-0.1, -0.05) is 6.07 Å². The lowest BCUT2D eigenvalue weighted by Gasteiger charge is -2.13. The molecule has 0 unspecified atom stereocenters. The van der Waals surface area contributed by atoms with E-state index in [0.717, 1.165) is 4.90 Å². The molecule has 1 aromatic rings. The minimum atomic E-state index is -0.396. The van der Waals surface area contributed by atoms with E-state index in [2.05, 4.69) is 10.6 Å². The van der Waals surface area contributed by atoms with Gasteiger partial charge in [0, 0.05) is 32.2 Å². The van der Waals surface area contributed by atoms with Crippen molar-refractivity contribution in [3.63, 3.8) is 0 Å². The summed E-state index contributed by atoms with van der Waals surface area (Å²) in [5, 5.41) is 23.9. The predicted octanol–water partition coefficient (Wildman–Crippen LogP) is -0.115. The van der Waals surface area contributed by atoms with E-state index < -0.39 is 5.91 Å². The number of phenols is 1. The summed E-state index contributed by atoms with van der Waals surface area (Å²) in [6.45, 7) is 0.386. The number of nitrogens with zero attached hydrogens (tertiary/aromatic N) is 1. The smallest absolute Gasteiger partial charge is 0.229 e. The number of carbonyl (C=O) groups excluding carboxylic acids is 4. The van der Waals surface area contributed by atoms with E-state index in [1.54, 1.807) is 0 Å². The molecule has 2 rings (SSSR count). The van der Waals surface area contributed by atoms with Crippen LogP contribution in [0.3, 0.4) is 0 Å². The molecule has 0 bridgehead atoms. The Bertz CT molecular complexity index is 750. The first-order valence-corrected chi connectivity index (χ1v) is 9.31. The minimum absolute atomic E-state index is 0.00850. The van der Waals surface area contributed by atoms with Crippen LogP contribution in [0.25, 0.3) is 0 Å². The first-order chi connectivity index (χ1) is 13.9. The van der Waals surface area contributed by atoms with Crippen LogP contribution in [0.2, 0.25) is 0 Å². The summed E-state index contributed by atoms with van der Waals surface area (Å²) in [4.78, 5) is 47.6. The molecule has 1 saturated heterocycles. The number of anilines is 1. The average Bonchev–Trinajstić information content (AvgIpc) is 3.01. The molecule has 10 heteroatoms. The number of aromatic hydroxyl groups is 1. The van der Waals surface area contributed by atoms with Crippen molar-refractivity contribution in [3.8, 4) is 5.75 Å². The highest BCUT2D eigenvalue weighted by atomic mass is 16.5. The van der Waals surface area contributed by atoms with Crippen molar-refractivity contribution < 1.29 is 34.1 Å². The summed E-state index contributed by atoms with van der Waals surface area (Å²) >= 11 is 0. The minimum Gasteiger partial charge on any atom is -0.506 e. The normalized spacial score (nSPS) is 13.6. The number of ether oxygens (including phenoxy) is 1. The highest BCUT2D eigenvalue weighted by molar-refractivity contribution is 6.01. The molecular weight excluding hydrogens is 382 g/mol. The largest absolute Gasteiger partial charge is 0.506 e. The fraction of sp³-hybridized carbons (Fsp3) is 0.474. The van der Waals surface area contributed by atoms with E-state index in [1.807, 2.05) is 0 Å². The lowest BCUT2D eigenvalue weighted by Crippen LogP contribution is -2.33. The standard InChI is InChI=1S/C19H25N3O7/c23-12-13-1-2-15(24)14(11-13)21-17(26)5-7-20-16(25)6-9-29-10-8-22-18(27)3-4-19(22)28/h1-2,11,23-24H,3-10,12H2,(H,20,25)(H,21,26). The Balaban J connectivity index is 1.56. The number of phenolic OH excluding ortho intramolecular Hbond substituents is 1. The van der Waals surface area contributed by atoms with Gasteiger partial charge in [0.2, 0.25) is 23.6 Å². The highest BCUT2D eigenvalue weighted by Crippen LogP contribution is 2.24. The molecule has 1 aromatic carbocycles. The van der Waals surface area contributed by atoms with E-state index in [4.69, 9.17) is 9.84 Å². The third kappa shape index (κ3) is 7.16. The van der Waals surface area contributed by atoms with Gasteiger partial charge in [-0.15, -0.1) is 0 Å². The Morgan fingerprint density at radius 2 is 1.79 bits per heavy atom. The molecule has 10 nitrogen and oxygen atoms in total. The van der Waals surface area contributed by atoms with Gasteiger partial charge < -0.3 is 25.6 Å². The average molecular weight is 407 g/mol. The molecular formula is C19H25N3O7. The SMILES string of the molecule is O=C(CCOCCN1C(=O)CCC1=O)NCCC(=O)Nc1cc(CO)ccc1O. The zero-order chi connectivity index (χ0) is 21.2. The number of benzene rings is 1. The maximum Gasteiger partial charge on any atom is 0.229 e. The molecule has 0 aliphatic carbocycles. The second-order valence-electron chi connectivity index (χ2n) is 6.46. The quantitative estimate of drug-likeness (QED) is 0.227. The lowest BCUT2D eigenvalue weighted by atomic mass is 10.2. The Hall–Kier alpha value is -2.98. The van der Waals surface area contributed by atoms with Gasteiger partial charge in [-0.3, -0.25) is 24.1 Å². The molecule has 0 atom stereocenters.